The van der Waals surface area contributed by atoms with Gasteiger partial charge in [0.2, 0.25) is 0 Å². The highest BCUT2D eigenvalue weighted by atomic mass is 79.9. The van der Waals surface area contributed by atoms with Crippen molar-refractivity contribution in [1.82, 2.24) is 9.38 Å². The molecule has 0 aromatic carbocycles. The van der Waals surface area contributed by atoms with Crippen LogP contribution in [0.3, 0.4) is 0 Å². The second-order valence-electron chi connectivity index (χ2n) is 2.75. The second kappa shape index (κ2) is 3.42. The van der Waals surface area contributed by atoms with E-state index in [1.807, 2.05) is 4.40 Å². The summed E-state index contributed by atoms with van der Waals surface area (Å²) in [7, 11) is 1.36. The zero-order valence-corrected chi connectivity index (χ0v) is 8.98. The number of halogens is 1. The molecule has 72 valence electrons. The van der Waals surface area contributed by atoms with Gasteiger partial charge in [0.1, 0.15) is 6.33 Å². The van der Waals surface area contributed by atoms with E-state index in [1.165, 1.54) is 7.11 Å². The summed E-state index contributed by atoms with van der Waals surface area (Å²) in [6, 6.07) is 3.42. The molecule has 0 spiro atoms. The molecule has 0 atom stereocenters. The third-order valence-corrected chi connectivity index (χ3v) is 2.51. The minimum absolute atomic E-state index is 0.352. The van der Waals surface area contributed by atoms with Gasteiger partial charge >= 0.3 is 5.97 Å². The number of hydrogen-bond donors (Lipinski definition) is 0. The van der Waals surface area contributed by atoms with Crippen LogP contribution in [0, 0.1) is 0 Å². The SMILES string of the molecule is COC(=O)c1cc(Br)n2cncc2c1. The van der Waals surface area contributed by atoms with Crippen molar-refractivity contribution in [3.63, 3.8) is 0 Å². The molecule has 0 aliphatic rings. The number of aromatic nitrogens is 2. The van der Waals surface area contributed by atoms with Gasteiger partial charge in [-0.25, -0.2) is 9.78 Å². The van der Waals surface area contributed by atoms with Crippen LogP contribution in [0.5, 0.6) is 0 Å². The molecule has 0 unspecified atom stereocenters. The predicted octanol–water partition coefficient (Wildman–Crippen LogP) is 1.88. The van der Waals surface area contributed by atoms with E-state index in [0.29, 0.717) is 5.56 Å². The van der Waals surface area contributed by atoms with Crippen molar-refractivity contribution in [2.75, 3.05) is 7.11 Å². The van der Waals surface area contributed by atoms with Crippen LogP contribution in [0.4, 0.5) is 0 Å². The van der Waals surface area contributed by atoms with Crippen molar-refractivity contribution >= 4 is 27.4 Å². The largest absolute Gasteiger partial charge is 0.465 e. The summed E-state index contributed by atoms with van der Waals surface area (Å²) in [6.07, 6.45) is 3.34. The van der Waals surface area contributed by atoms with E-state index in [2.05, 4.69) is 25.7 Å². The van der Waals surface area contributed by atoms with Gasteiger partial charge in [0.15, 0.2) is 0 Å². The summed E-state index contributed by atoms with van der Waals surface area (Å²) in [5.74, 6) is -0.352. The average Bonchev–Trinajstić information content (AvgIpc) is 2.64. The molecule has 5 heteroatoms. The highest BCUT2D eigenvalue weighted by Crippen LogP contribution is 2.17. The number of carbonyl (C=O) groups is 1. The summed E-state index contributed by atoms with van der Waals surface area (Å²) in [6.45, 7) is 0. The van der Waals surface area contributed by atoms with Gasteiger partial charge in [0, 0.05) is 0 Å². The van der Waals surface area contributed by atoms with E-state index in [9.17, 15) is 4.79 Å². The quantitative estimate of drug-likeness (QED) is 0.577. The molecular weight excluding hydrogens is 248 g/mol. The molecule has 4 nitrogen and oxygen atoms in total. The monoisotopic (exact) mass is 254 g/mol. The normalized spacial score (nSPS) is 10.4. The molecule has 2 rings (SSSR count). The lowest BCUT2D eigenvalue weighted by Crippen LogP contribution is -2.02. The van der Waals surface area contributed by atoms with Crippen molar-refractivity contribution in [1.29, 1.82) is 0 Å². The van der Waals surface area contributed by atoms with Crippen molar-refractivity contribution in [2.24, 2.45) is 0 Å². The molecule has 0 saturated carbocycles. The first-order valence-corrected chi connectivity index (χ1v) is 4.71. The Hall–Kier alpha value is -1.36. The minimum atomic E-state index is -0.352. The Kier molecular flexibility index (Phi) is 2.25. The number of nitrogens with zero attached hydrogens (tertiary/aromatic N) is 2. The molecule has 0 fully saturated rings. The van der Waals surface area contributed by atoms with Crippen LogP contribution in [0.1, 0.15) is 10.4 Å². The highest BCUT2D eigenvalue weighted by Gasteiger charge is 2.08. The molecule has 0 amide bonds. The third-order valence-electron chi connectivity index (χ3n) is 1.90. The summed E-state index contributed by atoms with van der Waals surface area (Å²) >= 11 is 3.34. The first kappa shape index (κ1) is 9.21. The number of esters is 1. The molecule has 0 radical (unpaired) electrons. The van der Waals surface area contributed by atoms with Crippen molar-refractivity contribution < 1.29 is 9.53 Å². The number of carbonyl (C=O) groups excluding carboxylic acids is 1. The highest BCUT2D eigenvalue weighted by molar-refractivity contribution is 9.10. The number of rotatable bonds is 1. The van der Waals surface area contributed by atoms with Crippen molar-refractivity contribution in [2.45, 2.75) is 0 Å². The zero-order valence-electron chi connectivity index (χ0n) is 7.40. The maximum Gasteiger partial charge on any atom is 0.338 e. The smallest absolute Gasteiger partial charge is 0.338 e. The first-order valence-electron chi connectivity index (χ1n) is 3.92. The molecule has 0 bridgehead atoms. The lowest BCUT2D eigenvalue weighted by molar-refractivity contribution is 0.0600. The molecule has 2 heterocycles. The Labute approximate surface area is 88.6 Å². The fourth-order valence-corrected chi connectivity index (χ4v) is 1.77. The van der Waals surface area contributed by atoms with Crippen LogP contribution in [0.2, 0.25) is 0 Å². The number of hydrogen-bond acceptors (Lipinski definition) is 3. The van der Waals surface area contributed by atoms with E-state index < -0.39 is 0 Å². The molecule has 2 aromatic heterocycles. The van der Waals surface area contributed by atoms with E-state index in [1.54, 1.807) is 24.7 Å². The summed E-state index contributed by atoms with van der Waals surface area (Å²) in [5, 5.41) is 0. The number of pyridine rings is 1. The number of imidazole rings is 1. The second-order valence-corrected chi connectivity index (χ2v) is 3.56. The molecule has 0 aliphatic heterocycles. The van der Waals surface area contributed by atoms with Gasteiger partial charge in [-0.2, -0.15) is 0 Å². The molecule has 0 saturated heterocycles. The van der Waals surface area contributed by atoms with E-state index in [4.69, 9.17) is 0 Å². The fourth-order valence-electron chi connectivity index (χ4n) is 1.23. The van der Waals surface area contributed by atoms with Crippen LogP contribution >= 0.6 is 15.9 Å². The summed E-state index contributed by atoms with van der Waals surface area (Å²) in [4.78, 5) is 15.2. The Bertz CT molecular complexity index is 493. The standard InChI is InChI=1S/C9H7BrN2O2/c1-14-9(13)6-2-7-4-11-5-12(7)8(10)3-6/h2-5H,1H3. The Balaban J connectivity index is 2.64. The van der Waals surface area contributed by atoms with Gasteiger partial charge in [-0.05, 0) is 28.1 Å². The minimum Gasteiger partial charge on any atom is -0.465 e. The Morgan fingerprint density at radius 3 is 3.07 bits per heavy atom. The number of fused-ring (bicyclic) bond motifs is 1. The van der Waals surface area contributed by atoms with Gasteiger partial charge in [0.05, 0.1) is 29.0 Å². The average molecular weight is 255 g/mol. The molecular formula is C9H7BrN2O2. The fraction of sp³-hybridized carbons (Fsp3) is 0.111. The van der Waals surface area contributed by atoms with Gasteiger partial charge < -0.3 is 4.74 Å². The predicted molar refractivity (Wildman–Crippen MR) is 54.2 cm³/mol. The van der Waals surface area contributed by atoms with Crippen molar-refractivity contribution in [3.05, 3.63) is 34.8 Å². The van der Waals surface area contributed by atoms with E-state index >= 15 is 0 Å². The Morgan fingerprint density at radius 1 is 1.57 bits per heavy atom. The van der Waals surface area contributed by atoms with E-state index in [-0.39, 0.29) is 5.97 Å². The summed E-state index contributed by atoms with van der Waals surface area (Å²) < 4.78 is 7.22. The summed E-state index contributed by atoms with van der Waals surface area (Å²) in [5.41, 5.74) is 1.35. The third kappa shape index (κ3) is 1.39. The maximum atomic E-state index is 11.3. The first-order chi connectivity index (χ1) is 6.72. The van der Waals surface area contributed by atoms with E-state index in [0.717, 1.165) is 10.1 Å². The van der Waals surface area contributed by atoms with Crippen LogP contribution in [0.15, 0.2) is 29.3 Å². The van der Waals surface area contributed by atoms with Gasteiger partial charge in [0.25, 0.3) is 0 Å². The lowest BCUT2D eigenvalue weighted by atomic mass is 10.2. The molecule has 0 aliphatic carbocycles. The van der Waals surface area contributed by atoms with Crippen LogP contribution in [0.25, 0.3) is 5.52 Å². The van der Waals surface area contributed by atoms with Crippen LogP contribution in [-0.4, -0.2) is 22.5 Å². The molecule has 2 aromatic rings. The number of methoxy groups -OCH3 is 1. The molecule has 0 N–H and O–H groups in total. The van der Waals surface area contributed by atoms with Crippen molar-refractivity contribution in [3.8, 4) is 0 Å². The zero-order chi connectivity index (χ0) is 10.1. The van der Waals surface area contributed by atoms with Crippen LogP contribution < -0.4 is 0 Å². The van der Waals surface area contributed by atoms with Gasteiger partial charge in [-0.3, -0.25) is 4.40 Å². The van der Waals surface area contributed by atoms with Crippen LogP contribution in [-0.2, 0) is 4.74 Å². The maximum absolute atomic E-state index is 11.3. The number of ether oxygens (including phenoxy) is 1. The Morgan fingerprint density at radius 2 is 2.36 bits per heavy atom. The lowest BCUT2D eigenvalue weighted by Gasteiger charge is -2.02. The topological polar surface area (TPSA) is 43.6 Å². The van der Waals surface area contributed by atoms with Gasteiger partial charge in [-0.1, -0.05) is 0 Å². The van der Waals surface area contributed by atoms with Gasteiger partial charge in [-0.15, -0.1) is 0 Å². The molecule has 14 heavy (non-hydrogen) atoms.